The lowest BCUT2D eigenvalue weighted by Crippen LogP contribution is -2.54. The first-order chi connectivity index (χ1) is 9.06. The van der Waals surface area contributed by atoms with E-state index in [-0.39, 0.29) is 12.6 Å². The molecule has 108 valence electrons. The van der Waals surface area contributed by atoms with Crippen molar-refractivity contribution in [3.8, 4) is 0 Å². The fourth-order valence-electron chi connectivity index (χ4n) is 2.85. The lowest BCUT2D eigenvalue weighted by Gasteiger charge is -2.39. The first-order valence-corrected chi connectivity index (χ1v) is 7.04. The van der Waals surface area contributed by atoms with E-state index in [2.05, 4.69) is 6.92 Å². The Bertz CT molecular complexity index is 340. The zero-order valence-electron chi connectivity index (χ0n) is 11.5. The maximum atomic E-state index is 12.3. The highest BCUT2D eigenvalue weighted by Gasteiger charge is 2.28. The molecular formula is C13H23N3O3. The van der Waals surface area contributed by atoms with Crippen LogP contribution in [0.4, 0.5) is 4.79 Å². The number of likely N-dealkylation sites (tertiary alicyclic amines) is 1. The maximum Gasteiger partial charge on any atom is 0.320 e. The quantitative estimate of drug-likeness (QED) is 0.794. The lowest BCUT2D eigenvalue weighted by atomic mass is 10.0. The lowest BCUT2D eigenvalue weighted by molar-refractivity contribution is -0.138. The van der Waals surface area contributed by atoms with Crippen molar-refractivity contribution in [2.75, 3.05) is 45.8 Å². The maximum absolute atomic E-state index is 12.3. The van der Waals surface area contributed by atoms with Crippen molar-refractivity contribution in [2.24, 2.45) is 5.92 Å². The molecule has 1 N–H and O–H groups in total. The number of piperazine rings is 1. The van der Waals surface area contributed by atoms with Crippen molar-refractivity contribution in [1.29, 1.82) is 0 Å². The minimum atomic E-state index is -0.801. The van der Waals surface area contributed by atoms with Gasteiger partial charge >= 0.3 is 12.0 Å². The Morgan fingerprint density at radius 1 is 1.11 bits per heavy atom. The number of aliphatic carboxylic acids is 1. The molecule has 2 fully saturated rings. The van der Waals surface area contributed by atoms with Crippen LogP contribution < -0.4 is 0 Å². The van der Waals surface area contributed by atoms with E-state index < -0.39 is 5.97 Å². The van der Waals surface area contributed by atoms with E-state index in [0.29, 0.717) is 32.1 Å². The number of carboxylic acids is 1. The molecule has 2 rings (SSSR count). The molecule has 0 spiro atoms. The first kappa shape index (κ1) is 14.1. The third-order valence-electron chi connectivity index (χ3n) is 3.93. The largest absolute Gasteiger partial charge is 0.480 e. The summed E-state index contributed by atoms with van der Waals surface area (Å²) in [7, 11) is 0. The SMILES string of the molecule is CC1CCCN(C(=O)N2CCN(CC(=O)O)CC2)C1. The molecule has 0 bridgehead atoms. The van der Waals surface area contributed by atoms with Gasteiger partial charge in [0.25, 0.3) is 0 Å². The summed E-state index contributed by atoms with van der Waals surface area (Å²) in [5.41, 5.74) is 0. The molecule has 0 aromatic rings. The van der Waals surface area contributed by atoms with Gasteiger partial charge in [-0.05, 0) is 18.8 Å². The van der Waals surface area contributed by atoms with Crippen molar-refractivity contribution in [3.63, 3.8) is 0 Å². The molecule has 0 aromatic heterocycles. The van der Waals surface area contributed by atoms with Gasteiger partial charge in [0.05, 0.1) is 6.54 Å². The van der Waals surface area contributed by atoms with E-state index in [0.717, 1.165) is 19.5 Å². The molecule has 19 heavy (non-hydrogen) atoms. The van der Waals surface area contributed by atoms with E-state index in [1.807, 2.05) is 14.7 Å². The van der Waals surface area contributed by atoms with E-state index in [9.17, 15) is 9.59 Å². The van der Waals surface area contributed by atoms with Crippen LogP contribution in [0.3, 0.4) is 0 Å². The zero-order valence-corrected chi connectivity index (χ0v) is 11.5. The van der Waals surface area contributed by atoms with Gasteiger partial charge in [-0.25, -0.2) is 4.79 Å². The number of carbonyl (C=O) groups is 2. The first-order valence-electron chi connectivity index (χ1n) is 7.04. The molecule has 2 aliphatic heterocycles. The molecule has 0 radical (unpaired) electrons. The summed E-state index contributed by atoms with van der Waals surface area (Å²) in [6.07, 6.45) is 2.29. The molecule has 6 nitrogen and oxygen atoms in total. The Labute approximate surface area is 114 Å². The molecule has 0 aliphatic carbocycles. The van der Waals surface area contributed by atoms with Crippen LogP contribution in [0.1, 0.15) is 19.8 Å². The van der Waals surface area contributed by atoms with E-state index in [4.69, 9.17) is 5.11 Å². The molecule has 2 aliphatic rings. The van der Waals surface area contributed by atoms with Crippen molar-refractivity contribution < 1.29 is 14.7 Å². The Morgan fingerprint density at radius 3 is 2.37 bits per heavy atom. The van der Waals surface area contributed by atoms with Gasteiger partial charge in [0, 0.05) is 39.3 Å². The van der Waals surface area contributed by atoms with Crippen LogP contribution >= 0.6 is 0 Å². The molecule has 0 saturated carbocycles. The second-order valence-corrected chi connectivity index (χ2v) is 5.63. The summed E-state index contributed by atoms with van der Waals surface area (Å²) in [5, 5.41) is 8.74. The standard InChI is InChI=1S/C13H23N3O3/c1-11-3-2-4-16(9-11)13(19)15-7-5-14(6-8-15)10-12(17)18/h11H,2-10H2,1H3,(H,17,18). The average molecular weight is 269 g/mol. The predicted molar refractivity (Wildman–Crippen MR) is 71.0 cm³/mol. The molecule has 2 saturated heterocycles. The van der Waals surface area contributed by atoms with E-state index >= 15 is 0 Å². The summed E-state index contributed by atoms with van der Waals surface area (Å²) in [6.45, 7) is 6.55. The molecule has 1 unspecified atom stereocenters. The second kappa shape index (κ2) is 6.23. The fraction of sp³-hybridized carbons (Fsp3) is 0.846. The van der Waals surface area contributed by atoms with Crippen LogP contribution in [0.2, 0.25) is 0 Å². The van der Waals surface area contributed by atoms with Crippen LogP contribution in [0, 0.1) is 5.92 Å². The topological polar surface area (TPSA) is 64.1 Å². The van der Waals surface area contributed by atoms with Crippen LogP contribution in [-0.2, 0) is 4.79 Å². The normalized spacial score (nSPS) is 25.4. The second-order valence-electron chi connectivity index (χ2n) is 5.63. The van der Waals surface area contributed by atoms with Gasteiger partial charge in [-0.1, -0.05) is 6.92 Å². The summed E-state index contributed by atoms with van der Waals surface area (Å²) in [5.74, 6) is -0.212. The molecular weight excluding hydrogens is 246 g/mol. The number of nitrogens with zero attached hydrogens (tertiary/aromatic N) is 3. The highest BCUT2D eigenvalue weighted by molar-refractivity contribution is 5.74. The number of piperidine rings is 1. The minimum Gasteiger partial charge on any atom is -0.480 e. The summed E-state index contributed by atoms with van der Waals surface area (Å²) in [6, 6.07) is 0.126. The third-order valence-corrected chi connectivity index (χ3v) is 3.93. The fourth-order valence-corrected chi connectivity index (χ4v) is 2.85. The van der Waals surface area contributed by atoms with Crippen molar-refractivity contribution in [3.05, 3.63) is 0 Å². The number of hydrogen-bond donors (Lipinski definition) is 1. The van der Waals surface area contributed by atoms with Crippen LogP contribution in [0.5, 0.6) is 0 Å². The molecule has 6 heteroatoms. The molecule has 2 heterocycles. The van der Waals surface area contributed by atoms with E-state index in [1.54, 1.807) is 0 Å². The van der Waals surface area contributed by atoms with Gasteiger partial charge in [0.15, 0.2) is 0 Å². The molecule has 0 aromatic carbocycles. The third kappa shape index (κ3) is 3.83. The monoisotopic (exact) mass is 269 g/mol. The number of amides is 2. The number of carboxylic acid groups (broad SMARTS) is 1. The number of rotatable bonds is 2. The predicted octanol–water partition coefficient (Wildman–Crippen LogP) is 0.541. The summed E-state index contributed by atoms with van der Waals surface area (Å²) >= 11 is 0. The number of urea groups is 1. The zero-order chi connectivity index (χ0) is 13.8. The summed E-state index contributed by atoms with van der Waals surface area (Å²) < 4.78 is 0. The Kier molecular flexibility index (Phi) is 4.63. The Hall–Kier alpha value is -1.30. The number of carbonyl (C=O) groups excluding carboxylic acids is 1. The van der Waals surface area contributed by atoms with Gasteiger partial charge < -0.3 is 14.9 Å². The summed E-state index contributed by atoms with van der Waals surface area (Å²) in [4.78, 5) is 28.7. The highest BCUT2D eigenvalue weighted by atomic mass is 16.4. The Balaban J connectivity index is 1.80. The smallest absolute Gasteiger partial charge is 0.320 e. The molecule has 1 atom stereocenters. The van der Waals surface area contributed by atoms with Gasteiger partial charge in [-0.15, -0.1) is 0 Å². The van der Waals surface area contributed by atoms with Crippen molar-refractivity contribution in [1.82, 2.24) is 14.7 Å². The minimum absolute atomic E-state index is 0.0722. The van der Waals surface area contributed by atoms with Crippen molar-refractivity contribution >= 4 is 12.0 Å². The molecule has 2 amide bonds. The van der Waals surface area contributed by atoms with Gasteiger partial charge in [0.2, 0.25) is 0 Å². The number of hydrogen-bond acceptors (Lipinski definition) is 3. The van der Waals surface area contributed by atoms with Gasteiger partial charge in [-0.2, -0.15) is 0 Å². The van der Waals surface area contributed by atoms with Gasteiger partial charge in [-0.3, -0.25) is 9.69 Å². The van der Waals surface area contributed by atoms with Crippen molar-refractivity contribution in [2.45, 2.75) is 19.8 Å². The van der Waals surface area contributed by atoms with Crippen LogP contribution in [0.25, 0.3) is 0 Å². The Morgan fingerprint density at radius 2 is 1.79 bits per heavy atom. The highest BCUT2D eigenvalue weighted by Crippen LogP contribution is 2.17. The average Bonchev–Trinajstić information content (AvgIpc) is 2.38. The van der Waals surface area contributed by atoms with E-state index in [1.165, 1.54) is 6.42 Å². The van der Waals surface area contributed by atoms with Gasteiger partial charge in [0.1, 0.15) is 0 Å². The van der Waals surface area contributed by atoms with Crippen LogP contribution in [0.15, 0.2) is 0 Å². The van der Waals surface area contributed by atoms with Crippen LogP contribution in [-0.4, -0.2) is 77.6 Å².